The van der Waals surface area contributed by atoms with Crippen molar-refractivity contribution >= 4 is 27.3 Å². The number of para-hydroxylation sites is 1. The number of anilines is 1. The van der Waals surface area contributed by atoms with E-state index in [4.69, 9.17) is 11.6 Å². The normalized spacial score (nSPS) is 11.7. The minimum absolute atomic E-state index is 0.0910. The summed E-state index contributed by atoms with van der Waals surface area (Å²) in [5.41, 5.74) is 2.45. The van der Waals surface area contributed by atoms with Crippen LogP contribution in [0.4, 0.5) is 5.69 Å². The van der Waals surface area contributed by atoms with E-state index >= 15 is 0 Å². The molecule has 21 heavy (non-hydrogen) atoms. The fraction of sp³-hybridized carbons (Fsp3) is 0.250. The van der Waals surface area contributed by atoms with Crippen LogP contribution in [0.2, 0.25) is 5.02 Å². The van der Waals surface area contributed by atoms with Crippen LogP contribution in [0.25, 0.3) is 0 Å². The number of aryl methyl sites for hydroxylation is 1. The molecule has 0 aromatic heterocycles. The number of nitrogens with one attached hydrogen (secondary N) is 1. The van der Waals surface area contributed by atoms with Crippen molar-refractivity contribution in [2.24, 2.45) is 0 Å². The monoisotopic (exact) mass is 323 g/mol. The molecule has 0 unspecified atom stereocenters. The van der Waals surface area contributed by atoms with E-state index in [1.165, 1.54) is 6.07 Å². The summed E-state index contributed by atoms with van der Waals surface area (Å²) in [6.07, 6.45) is 0. The molecule has 0 atom stereocenters. The third kappa shape index (κ3) is 3.57. The molecule has 2 rings (SSSR count). The molecule has 0 bridgehead atoms. The predicted molar refractivity (Wildman–Crippen MR) is 87.5 cm³/mol. The SMILES string of the molecule is Cc1ccc(S(=O)(=O)Nc2ccccc2C(C)C)c(Cl)c1. The minimum Gasteiger partial charge on any atom is -0.279 e. The van der Waals surface area contributed by atoms with Crippen molar-refractivity contribution in [1.82, 2.24) is 0 Å². The number of benzene rings is 2. The molecule has 3 nitrogen and oxygen atoms in total. The topological polar surface area (TPSA) is 46.2 Å². The molecule has 0 aliphatic carbocycles. The Morgan fingerprint density at radius 1 is 1.10 bits per heavy atom. The first-order valence-corrected chi connectivity index (χ1v) is 8.55. The molecular weight excluding hydrogens is 306 g/mol. The molecule has 1 N–H and O–H groups in total. The van der Waals surface area contributed by atoms with Crippen LogP contribution in [0.5, 0.6) is 0 Å². The molecule has 2 aromatic rings. The molecule has 0 spiro atoms. The second-order valence-corrected chi connectivity index (χ2v) is 7.34. The molecule has 0 fully saturated rings. The highest BCUT2D eigenvalue weighted by atomic mass is 35.5. The Balaban J connectivity index is 2.43. The van der Waals surface area contributed by atoms with E-state index in [2.05, 4.69) is 4.72 Å². The van der Waals surface area contributed by atoms with E-state index in [9.17, 15) is 8.42 Å². The lowest BCUT2D eigenvalue weighted by Gasteiger charge is -2.15. The van der Waals surface area contributed by atoms with Gasteiger partial charge < -0.3 is 0 Å². The Hall–Kier alpha value is -1.52. The summed E-state index contributed by atoms with van der Waals surface area (Å²) in [4.78, 5) is 0.0910. The van der Waals surface area contributed by atoms with Gasteiger partial charge in [0.2, 0.25) is 0 Å². The maximum Gasteiger partial charge on any atom is 0.263 e. The first-order chi connectivity index (χ1) is 9.81. The van der Waals surface area contributed by atoms with Crippen molar-refractivity contribution in [1.29, 1.82) is 0 Å². The smallest absolute Gasteiger partial charge is 0.263 e. The molecule has 0 saturated heterocycles. The Bertz CT molecular complexity index is 755. The molecule has 0 aliphatic heterocycles. The number of hydrogen-bond acceptors (Lipinski definition) is 2. The largest absolute Gasteiger partial charge is 0.279 e. The van der Waals surface area contributed by atoms with E-state index in [-0.39, 0.29) is 15.8 Å². The van der Waals surface area contributed by atoms with Gasteiger partial charge in [0.1, 0.15) is 4.90 Å². The number of rotatable bonds is 4. The molecule has 0 radical (unpaired) electrons. The van der Waals surface area contributed by atoms with Gasteiger partial charge >= 0.3 is 0 Å². The Kier molecular flexibility index (Phi) is 4.59. The average molecular weight is 324 g/mol. The zero-order chi connectivity index (χ0) is 15.6. The van der Waals surface area contributed by atoms with Gasteiger partial charge in [-0.3, -0.25) is 4.72 Å². The van der Waals surface area contributed by atoms with Crippen molar-refractivity contribution in [3.8, 4) is 0 Å². The van der Waals surface area contributed by atoms with Crippen molar-refractivity contribution < 1.29 is 8.42 Å². The van der Waals surface area contributed by atoms with Gasteiger partial charge in [-0.1, -0.05) is 49.7 Å². The summed E-state index contributed by atoms with van der Waals surface area (Å²) in [5, 5.41) is 0.226. The first-order valence-electron chi connectivity index (χ1n) is 6.69. The van der Waals surface area contributed by atoms with Crippen LogP contribution < -0.4 is 4.72 Å². The molecule has 0 aliphatic rings. The molecule has 0 amide bonds. The molecular formula is C16H18ClNO2S. The second kappa shape index (κ2) is 6.08. The van der Waals surface area contributed by atoms with Gasteiger partial charge in [0, 0.05) is 0 Å². The highest BCUT2D eigenvalue weighted by Gasteiger charge is 2.19. The molecule has 0 saturated carbocycles. The minimum atomic E-state index is -3.70. The second-order valence-electron chi connectivity index (χ2n) is 5.28. The van der Waals surface area contributed by atoms with E-state index in [1.807, 2.05) is 32.9 Å². The average Bonchev–Trinajstić information content (AvgIpc) is 2.37. The van der Waals surface area contributed by atoms with Crippen LogP contribution in [0.15, 0.2) is 47.4 Å². The molecule has 2 aromatic carbocycles. The summed E-state index contributed by atoms with van der Waals surface area (Å²) in [6.45, 7) is 5.90. The highest BCUT2D eigenvalue weighted by molar-refractivity contribution is 7.92. The Morgan fingerprint density at radius 2 is 1.76 bits per heavy atom. The van der Waals surface area contributed by atoms with E-state index in [1.54, 1.807) is 24.3 Å². The summed E-state index contributed by atoms with van der Waals surface area (Å²) in [7, 11) is -3.70. The van der Waals surface area contributed by atoms with Crippen LogP contribution in [0.1, 0.15) is 30.9 Å². The summed E-state index contributed by atoms with van der Waals surface area (Å²) >= 11 is 6.06. The maximum absolute atomic E-state index is 12.5. The summed E-state index contributed by atoms with van der Waals surface area (Å²) in [6, 6.07) is 12.3. The third-order valence-corrected chi connectivity index (χ3v) is 5.05. The van der Waals surface area contributed by atoms with Crippen molar-refractivity contribution in [3.05, 3.63) is 58.6 Å². The molecule has 112 valence electrons. The molecule has 0 heterocycles. The summed E-state index contributed by atoms with van der Waals surface area (Å²) < 4.78 is 27.7. The fourth-order valence-corrected chi connectivity index (χ4v) is 3.80. The van der Waals surface area contributed by atoms with E-state index in [0.717, 1.165) is 11.1 Å². The maximum atomic E-state index is 12.5. The van der Waals surface area contributed by atoms with Crippen LogP contribution in [-0.2, 0) is 10.0 Å². The lowest BCUT2D eigenvalue weighted by molar-refractivity contribution is 0.601. The van der Waals surface area contributed by atoms with Crippen molar-refractivity contribution in [2.45, 2.75) is 31.6 Å². The van der Waals surface area contributed by atoms with Crippen LogP contribution in [-0.4, -0.2) is 8.42 Å². The van der Waals surface area contributed by atoms with Crippen molar-refractivity contribution in [3.63, 3.8) is 0 Å². The van der Waals surface area contributed by atoms with Gasteiger partial charge in [-0.15, -0.1) is 0 Å². The van der Waals surface area contributed by atoms with Gasteiger partial charge in [-0.25, -0.2) is 8.42 Å². The van der Waals surface area contributed by atoms with Crippen molar-refractivity contribution in [2.75, 3.05) is 4.72 Å². The van der Waals surface area contributed by atoms with E-state index in [0.29, 0.717) is 5.69 Å². The van der Waals surface area contributed by atoms with Gasteiger partial charge in [-0.2, -0.15) is 0 Å². The fourth-order valence-electron chi connectivity index (χ4n) is 2.12. The Labute approximate surface area is 131 Å². The standard InChI is InChI=1S/C16H18ClNO2S/c1-11(2)13-6-4-5-7-15(13)18-21(19,20)16-9-8-12(3)10-14(16)17/h4-11,18H,1-3H3. The summed E-state index contributed by atoms with van der Waals surface area (Å²) in [5.74, 6) is 0.220. The van der Waals surface area contributed by atoms with Crippen LogP contribution in [0, 0.1) is 6.92 Å². The number of hydrogen-bond donors (Lipinski definition) is 1. The van der Waals surface area contributed by atoms with Gasteiger partial charge in [0.25, 0.3) is 10.0 Å². The quantitative estimate of drug-likeness (QED) is 0.895. The van der Waals surface area contributed by atoms with E-state index < -0.39 is 10.0 Å². The highest BCUT2D eigenvalue weighted by Crippen LogP contribution is 2.28. The van der Waals surface area contributed by atoms with Gasteiger partial charge in [-0.05, 0) is 42.2 Å². The number of halogens is 1. The van der Waals surface area contributed by atoms with Gasteiger partial charge in [0.05, 0.1) is 10.7 Å². The first kappa shape index (κ1) is 15.9. The molecule has 5 heteroatoms. The number of sulfonamides is 1. The van der Waals surface area contributed by atoms with Crippen LogP contribution >= 0.6 is 11.6 Å². The third-order valence-electron chi connectivity index (χ3n) is 3.20. The lowest BCUT2D eigenvalue weighted by atomic mass is 10.0. The van der Waals surface area contributed by atoms with Gasteiger partial charge in [0.15, 0.2) is 0 Å². The predicted octanol–water partition coefficient (Wildman–Crippen LogP) is 4.57. The van der Waals surface area contributed by atoms with Crippen LogP contribution in [0.3, 0.4) is 0 Å². The zero-order valence-electron chi connectivity index (χ0n) is 12.2. The zero-order valence-corrected chi connectivity index (χ0v) is 13.8. The Morgan fingerprint density at radius 3 is 2.38 bits per heavy atom. The lowest BCUT2D eigenvalue weighted by Crippen LogP contribution is -2.15.